The fraction of sp³-hybridized carbons (Fsp3) is 0.867. The number of hydrogen-bond donors (Lipinski definition) is 1. The van der Waals surface area contributed by atoms with Gasteiger partial charge < -0.3 is 10.6 Å². The minimum absolute atomic E-state index is 0.0829. The van der Waals surface area contributed by atoms with E-state index in [4.69, 9.17) is 5.73 Å². The zero-order chi connectivity index (χ0) is 15.3. The molecule has 116 valence electrons. The molecule has 0 saturated heterocycles. The zero-order valence-corrected chi connectivity index (χ0v) is 13.3. The lowest BCUT2D eigenvalue weighted by atomic mass is 9.87. The van der Waals surface area contributed by atoms with Crippen molar-refractivity contribution in [2.45, 2.75) is 58.5 Å². The van der Waals surface area contributed by atoms with Gasteiger partial charge in [-0.25, -0.2) is 0 Å². The molecule has 0 radical (unpaired) electrons. The first-order valence-electron chi connectivity index (χ1n) is 7.59. The number of primary amides is 1. The van der Waals surface area contributed by atoms with Gasteiger partial charge in [-0.15, -0.1) is 0 Å². The summed E-state index contributed by atoms with van der Waals surface area (Å²) in [5.74, 6) is 0.469. The quantitative estimate of drug-likeness (QED) is 0.797. The normalized spacial score (nSPS) is 23.1. The van der Waals surface area contributed by atoms with E-state index in [0.29, 0.717) is 6.04 Å². The van der Waals surface area contributed by atoms with Crippen molar-refractivity contribution in [2.24, 2.45) is 11.7 Å². The molecule has 0 aromatic carbocycles. The number of carbonyl (C=O) groups is 2. The Bertz CT molecular complexity index is 336. The Morgan fingerprint density at radius 3 is 2.15 bits per heavy atom. The summed E-state index contributed by atoms with van der Waals surface area (Å²) in [7, 11) is 1.88. The molecule has 0 spiro atoms. The second-order valence-electron chi connectivity index (χ2n) is 6.38. The highest BCUT2D eigenvalue weighted by molar-refractivity contribution is 5.80. The molecule has 0 aromatic rings. The van der Waals surface area contributed by atoms with Gasteiger partial charge in [0.2, 0.25) is 11.8 Å². The van der Waals surface area contributed by atoms with E-state index in [1.165, 1.54) is 12.8 Å². The van der Waals surface area contributed by atoms with Crippen LogP contribution in [0.5, 0.6) is 0 Å². The third-order valence-corrected chi connectivity index (χ3v) is 4.35. The van der Waals surface area contributed by atoms with Crippen LogP contribution in [-0.4, -0.2) is 53.8 Å². The average molecular weight is 283 g/mol. The molecular formula is C15H29N3O2. The van der Waals surface area contributed by atoms with Gasteiger partial charge in [-0.05, 0) is 45.4 Å². The monoisotopic (exact) mass is 283 g/mol. The Hall–Kier alpha value is -1.10. The van der Waals surface area contributed by atoms with Crippen LogP contribution in [0.4, 0.5) is 0 Å². The van der Waals surface area contributed by atoms with Crippen molar-refractivity contribution in [3.63, 3.8) is 0 Å². The van der Waals surface area contributed by atoms with E-state index in [2.05, 4.69) is 6.92 Å². The lowest BCUT2D eigenvalue weighted by Gasteiger charge is -2.35. The number of rotatable bonds is 6. The zero-order valence-electron chi connectivity index (χ0n) is 13.3. The molecule has 5 heteroatoms. The summed E-state index contributed by atoms with van der Waals surface area (Å²) >= 11 is 0. The van der Waals surface area contributed by atoms with Gasteiger partial charge in [0.25, 0.3) is 0 Å². The van der Waals surface area contributed by atoms with Crippen LogP contribution in [0.1, 0.15) is 46.5 Å². The maximum absolute atomic E-state index is 12.4. The first-order chi connectivity index (χ1) is 9.31. The molecule has 0 aliphatic heterocycles. The summed E-state index contributed by atoms with van der Waals surface area (Å²) in [6.07, 6.45) is 4.55. The van der Waals surface area contributed by atoms with Gasteiger partial charge in [0.1, 0.15) is 0 Å². The predicted octanol–water partition coefficient (Wildman–Crippen LogP) is 1.22. The first-order valence-corrected chi connectivity index (χ1v) is 7.59. The smallest absolute Gasteiger partial charge is 0.236 e. The van der Waals surface area contributed by atoms with Gasteiger partial charge in [-0.2, -0.15) is 0 Å². The van der Waals surface area contributed by atoms with Crippen LogP contribution in [0.2, 0.25) is 0 Å². The van der Waals surface area contributed by atoms with Crippen LogP contribution in [-0.2, 0) is 9.59 Å². The summed E-state index contributed by atoms with van der Waals surface area (Å²) in [4.78, 5) is 27.1. The van der Waals surface area contributed by atoms with E-state index in [0.717, 1.165) is 18.8 Å². The Morgan fingerprint density at radius 2 is 1.70 bits per heavy atom. The highest BCUT2D eigenvalue weighted by atomic mass is 16.2. The molecule has 2 N–H and O–H groups in total. The maximum Gasteiger partial charge on any atom is 0.236 e. The molecule has 2 amide bonds. The summed E-state index contributed by atoms with van der Waals surface area (Å²) in [5.41, 5.74) is 5.24. The molecule has 1 aliphatic rings. The topological polar surface area (TPSA) is 66.6 Å². The SMILES string of the molecule is CC1CCC(N(C)C(=O)CN(CC(N)=O)C(C)C)CC1. The minimum Gasteiger partial charge on any atom is -0.369 e. The Morgan fingerprint density at radius 1 is 1.15 bits per heavy atom. The number of nitrogens with zero attached hydrogens (tertiary/aromatic N) is 2. The fourth-order valence-corrected chi connectivity index (χ4v) is 2.74. The van der Waals surface area contributed by atoms with E-state index in [1.54, 1.807) is 0 Å². The fourth-order valence-electron chi connectivity index (χ4n) is 2.74. The van der Waals surface area contributed by atoms with E-state index in [9.17, 15) is 9.59 Å². The molecule has 1 fully saturated rings. The van der Waals surface area contributed by atoms with Crippen LogP contribution in [0.3, 0.4) is 0 Å². The molecule has 1 saturated carbocycles. The highest BCUT2D eigenvalue weighted by Crippen LogP contribution is 2.26. The largest absolute Gasteiger partial charge is 0.369 e. The molecule has 0 unspecified atom stereocenters. The third-order valence-electron chi connectivity index (χ3n) is 4.35. The summed E-state index contributed by atoms with van der Waals surface area (Å²) in [5, 5.41) is 0. The van der Waals surface area contributed by atoms with Gasteiger partial charge in [0.05, 0.1) is 13.1 Å². The average Bonchev–Trinajstić information content (AvgIpc) is 2.37. The number of likely N-dealkylation sites (N-methyl/N-ethyl adjacent to an activating group) is 1. The number of amides is 2. The molecule has 0 heterocycles. The van der Waals surface area contributed by atoms with Crippen molar-refractivity contribution in [3.8, 4) is 0 Å². The lowest BCUT2D eigenvalue weighted by Crippen LogP contribution is -2.48. The standard InChI is InChI=1S/C15H29N3O2/c1-11(2)18(9-14(16)19)10-15(20)17(4)13-7-5-12(3)6-8-13/h11-13H,5-10H2,1-4H3,(H2,16,19). The van der Waals surface area contributed by atoms with E-state index in [-0.39, 0.29) is 30.9 Å². The Balaban J connectivity index is 2.52. The molecule has 0 aromatic heterocycles. The second kappa shape index (κ2) is 7.62. The van der Waals surface area contributed by atoms with Crippen LogP contribution >= 0.6 is 0 Å². The van der Waals surface area contributed by atoms with Crippen molar-refractivity contribution < 1.29 is 9.59 Å². The van der Waals surface area contributed by atoms with E-state index < -0.39 is 0 Å². The Kier molecular flexibility index (Phi) is 6.46. The first kappa shape index (κ1) is 17.0. The van der Waals surface area contributed by atoms with Crippen molar-refractivity contribution in [1.29, 1.82) is 0 Å². The molecule has 20 heavy (non-hydrogen) atoms. The highest BCUT2D eigenvalue weighted by Gasteiger charge is 2.26. The maximum atomic E-state index is 12.4. The summed E-state index contributed by atoms with van der Waals surface area (Å²) in [6, 6.07) is 0.479. The number of nitrogens with two attached hydrogens (primary N) is 1. The van der Waals surface area contributed by atoms with E-state index in [1.807, 2.05) is 30.7 Å². The van der Waals surface area contributed by atoms with Crippen LogP contribution in [0.15, 0.2) is 0 Å². The van der Waals surface area contributed by atoms with Crippen LogP contribution in [0, 0.1) is 5.92 Å². The van der Waals surface area contributed by atoms with Gasteiger partial charge in [0.15, 0.2) is 0 Å². The van der Waals surface area contributed by atoms with Gasteiger partial charge in [-0.3, -0.25) is 14.5 Å². The number of carbonyl (C=O) groups excluding carboxylic acids is 2. The van der Waals surface area contributed by atoms with Crippen molar-refractivity contribution >= 4 is 11.8 Å². The molecule has 0 atom stereocenters. The van der Waals surface area contributed by atoms with Gasteiger partial charge >= 0.3 is 0 Å². The van der Waals surface area contributed by atoms with Gasteiger partial charge in [-0.1, -0.05) is 6.92 Å². The van der Waals surface area contributed by atoms with Crippen LogP contribution < -0.4 is 5.73 Å². The van der Waals surface area contributed by atoms with Crippen molar-refractivity contribution in [2.75, 3.05) is 20.1 Å². The van der Waals surface area contributed by atoms with Gasteiger partial charge in [0, 0.05) is 19.1 Å². The third kappa shape index (κ3) is 5.12. The number of hydrogen-bond acceptors (Lipinski definition) is 3. The molecule has 1 aliphatic carbocycles. The molecular weight excluding hydrogens is 254 g/mol. The Labute approximate surface area is 122 Å². The molecule has 1 rings (SSSR count). The van der Waals surface area contributed by atoms with Crippen LogP contribution in [0.25, 0.3) is 0 Å². The predicted molar refractivity (Wildman–Crippen MR) is 80.1 cm³/mol. The summed E-state index contributed by atoms with van der Waals surface area (Å²) < 4.78 is 0. The molecule has 0 bridgehead atoms. The van der Waals surface area contributed by atoms with Crippen molar-refractivity contribution in [1.82, 2.24) is 9.80 Å². The summed E-state index contributed by atoms with van der Waals surface area (Å²) in [6.45, 7) is 6.62. The van der Waals surface area contributed by atoms with Crippen molar-refractivity contribution in [3.05, 3.63) is 0 Å². The molecule has 5 nitrogen and oxygen atoms in total. The lowest BCUT2D eigenvalue weighted by molar-refractivity contribution is -0.135. The second-order valence-corrected chi connectivity index (χ2v) is 6.38. The van der Waals surface area contributed by atoms with E-state index >= 15 is 0 Å². The minimum atomic E-state index is -0.388.